The fourth-order valence-corrected chi connectivity index (χ4v) is 3.88. The number of rotatable bonds is 4. The molecule has 3 rings (SSSR count). The van der Waals surface area contributed by atoms with Crippen LogP contribution in [0.15, 0.2) is 18.5 Å². The monoisotopic (exact) mass is 330 g/mol. The third-order valence-electron chi connectivity index (χ3n) is 5.06. The number of carbonyl (C=O) groups excluding carboxylic acids is 2. The van der Waals surface area contributed by atoms with Crippen LogP contribution in [0.5, 0.6) is 0 Å². The van der Waals surface area contributed by atoms with Crippen LogP contribution in [-0.2, 0) is 16.6 Å². The average molecular weight is 330 g/mol. The van der Waals surface area contributed by atoms with Gasteiger partial charge in [0.05, 0.1) is 6.20 Å². The summed E-state index contributed by atoms with van der Waals surface area (Å²) in [5, 5.41) is 4.10. The number of likely N-dealkylation sites (tertiary alicyclic amines) is 2. The van der Waals surface area contributed by atoms with E-state index in [0.29, 0.717) is 18.4 Å². The number of piperidine rings is 2. The van der Waals surface area contributed by atoms with E-state index in [2.05, 4.69) is 16.9 Å². The summed E-state index contributed by atoms with van der Waals surface area (Å²) in [6.07, 6.45) is 10.5. The number of amides is 2. The summed E-state index contributed by atoms with van der Waals surface area (Å²) in [5.41, 5.74) is 0.929. The van der Waals surface area contributed by atoms with Crippen molar-refractivity contribution in [2.75, 3.05) is 19.6 Å². The van der Waals surface area contributed by atoms with Crippen molar-refractivity contribution in [3.63, 3.8) is 0 Å². The molecule has 2 fully saturated rings. The molecule has 0 spiro atoms. The number of fused-ring (bicyclic) bond motifs is 1. The number of carbonyl (C=O) groups is 2. The van der Waals surface area contributed by atoms with Crippen molar-refractivity contribution in [1.82, 2.24) is 19.6 Å². The van der Waals surface area contributed by atoms with E-state index < -0.39 is 0 Å². The molecule has 0 bridgehead atoms. The van der Waals surface area contributed by atoms with E-state index in [4.69, 9.17) is 0 Å². The van der Waals surface area contributed by atoms with Crippen LogP contribution in [0.4, 0.5) is 0 Å². The summed E-state index contributed by atoms with van der Waals surface area (Å²) in [6, 6.07) is 0.317. The molecule has 130 valence electrons. The Morgan fingerprint density at radius 3 is 2.96 bits per heavy atom. The van der Waals surface area contributed by atoms with Crippen LogP contribution < -0.4 is 0 Å². The Morgan fingerprint density at radius 2 is 2.25 bits per heavy atom. The van der Waals surface area contributed by atoms with Gasteiger partial charge in [0.15, 0.2) is 0 Å². The molecule has 2 saturated heterocycles. The van der Waals surface area contributed by atoms with E-state index in [0.717, 1.165) is 44.5 Å². The van der Waals surface area contributed by atoms with Gasteiger partial charge in [0.1, 0.15) is 0 Å². The fraction of sp³-hybridized carbons (Fsp3) is 0.611. The topological polar surface area (TPSA) is 58.4 Å². The molecular formula is C18H26N4O2. The molecule has 3 heterocycles. The van der Waals surface area contributed by atoms with Crippen molar-refractivity contribution in [2.24, 2.45) is 13.0 Å². The summed E-state index contributed by atoms with van der Waals surface area (Å²) in [6.45, 7) is 4.44. The zero-order valence-corrected chi connectivity index (χ0v) is 14.5. The van der Waals surface area contributed by atoms with Gasteiger partial charge in [-0.25, -0.2) is 0 Å². The molecule has 2 amide bonds. The predicted molar refractivity (Wildman–Crippen MR) is 92.0 cm³/mol. The quantitative estimate of drug-likeness (QED) is 0.789. The van der Waals surface area contributed by atoms with Gasteiger partial charge in [0, 0.05) is 57.0 Å². The molecule has 2 atom stereocenters. The maximum absolute atomic E-state index is 12.5. The molecule has 1 aromatic heterocycles. The van der Waals surface area contributed by atoms with Crippen molar-refractivity contribution < 1.29 is 9.59 Å². The first kappa shape index (κ1) is 16.7. The molecular weight excluding hydrogens is 304 g/mol. The van der Waals surface area contributed by atoms with Gasteiger partial charge in [-0.1, -0.05) is 6.92 Å². The minimum Gasteiger partial charge on any atom is -0.339 e. The average Bonchev–Trinajstić information content (AvgIpc) is 3.00. The SMILES string of the molecule is CCCN1C(=O)CC[C@H]2CN(C(=O)/C=C/c3cnn(C)c3)CC[C@H]21. The molecule has 6 nitrogen and oxygen atoms in total. The van der Waals surface area contributed by atoms with Crippen molar-refractivity contribution in [1.29, 1.82) is 0 Å². The lowest BCUT2D eigenvalue weighted by atomic mass is 9.83. The van der Waals surface area contributed by atoms with Crippen molar-refractivity contribution in [3.8, 4) is 0 Å². The normalized spacial score (nSPS) is 24.5. The van der Waals surface area contributed by atoms with Crippen LogP contribution in [0.3, 0.4) is 0 Å². The second-order valence-corrected chi connectivity index (χ2v) is 6.81. The molecule has 0 saturated carbocycles. The summed E-state index contributed by atoms with van der Waals surface area (Å²) in [7, 11) is 1.86. The van der Waals surface area contributed by atoms with Gasteiger partial charge in [-0.15, -0.1) is 0 Å². The Balaban J connectivity index is 1.61. The van der Waals surface area contributed by atoms with E-state index in [1.165, 1.54) is 0 Å². The molecule has 6 heteroatoms. The van der Waals surface area contributed by atoms with Crippen LogP contribution in [0.2, 0.25) is 0 Å². The van der Waals surface area contributed by atoms with Gasteiger partial charge in [0.2, 0.25) is 11.8 Å². The second-order valence-electron chi connectivity index (χ2n) is 6.81. The first-order valence-corrected chi connectivity index (χ1v) is 8.83. The van der Waals surface area contributed by atoms with E-state index in [9.17, 15) is 9.59 Å². The Kier molecular flexibility index (Phi) is 5.02. The second kappa shape index (κ2) is 7.20. The number of hydrogen-bond donors (Lipinski definition) is 0. The van der Waals surface area contributed by atoms with Crippen LogP contribution in [0, 0.1) is 5.92 Å². The third-order valence-corrected chi connectivity index (χ3v) is 5.06. The summed E-state index contributed by atoms with van der Waals surface area (Å²) in [4.78, 5) is 28.6. The van der Waals surface area contributed by atoms with Gasteiger partial charge in [-0.2, -0.15) is 5.10 Å². The van der Waals surface area contributed by atoms with Crippen molar-refractivity contribution in [2.45, 2.75) is 38.6 Å². The first-order chi connectivity index (χ1) is 11.6. The van der Waals surface area contributed by atoms with Crippen molar-refractivity contribution in [3.05, 3.63) is 24.0 Å². The molecule has 0 N–H and O–H groups in total. The van der Waals surface area contributed by atoms with E-state index in [1.54, 1.807) is 17.0 Å². The number of aryl methyl sites for hydroxylation is 1. The zero-order chi connectivity index (χ0) is 17.1. The van der Waals surface area contributed by atoms with Crippen LogP contribution in [-0.4, -0.2) is 57.1 Å². The largest absolute Gasteiger partial charge is 0.339 e. The van der Waals surface area contributed by atoms with Crippen LogP contribution in [0.1, 0.15) is 38.2 Å². The maximum Gasteiger partial charge on any atom is 0.246 e. The Bertz CT molecular complexity index is 637. The maximum atomic E-state index is 12.5. The van der Waals surface area contributed by atoms with E-state index in [-0.39, 0.29) is 11.8 Å². The third kappa shape index (κ3) is 3.52. The highest BCUT2D eigenvalue weighted by atomic mass is 16.2. The number of nitrogens with zero attached hydrogens (tertiary/aromatic N) is 4. The van der Waals surface area contributed by atoms with Gasteiger partial charge >= 0.3 is 0 Å². The Morgan fingerprint density at radius 1 is 1.42 bits per heavy atom. The molecule has 0 unspecified atom stereocenters. The van der Waals surface area contributed by atoms with Gasteiger partial charge in [-0.05, 0) is 31.3 Å². The molecule has 2 aliphatic rings. The zero-order valence-electron chi connectivity index (χ0n) is 14.5. The molecule has 0 radical (unpaired) electrons. The summed E-state index contributed by atoms with van der Waals surface area (Å²) in [5.74, 6) is 0.754. The molecule has 0 aliphatic carbocycles. The number of hydrogen-bond acceptors (Lipinski definition) is 3. The predicted octanol–water partition coefficient (Wildman–Crippen LogP) is 1.68. The van der Waals surface area contributed by atoms with E-state index >= 15 is 0 Å². The number of aromatic nitrogens is 2. The lowest BCUT2D eigenvalue weighted by molar-refractivity contribution is -0.143. The van der Waals surface area contributed by atoms with Gasteiger partial charge in [-0.3, -0.25) is 14.3 Å². The minimum atomic E-state index is 0.0521. The molecule has 24 heavy (non-hydrogen) atoms. The van der Waals surface area contributed by atoms with Crippen molar-refractivity contribution >= 4 is 17.9 Å². The molecule has 1 aromatic rings. The van der Waals surface area contributed by atoms with Crippen LogP contribution >= 0.6 is 0 Å². The Hall–Kier alpha value is -2.11. The molecule has 2 aliphatic heterocycles. The smallest absolute Gasteiger partial charge is 0.246 e. The van der Waals surface area contributed by atoms with E-state index in [1.807, 2.05) is 24.2 Å². The fourth-order valence-electron chi connectivity index (χ4n) is 3.88. The first-order valence-electron chi connectivity index (χ1n) is 8.83. The summed E-state index contributed by atoms with van der Waals surface area (Å²) < 4.78 is 1.72. The standard InChI is InChI=1S/C18H26N4O2/c1-3-9-22-16-8-10-21(13-15(16)5-7-18(22)24)17(23)6-4-14-11-19-20(2)12-14/h4,6,11-12,15-16H,3,5,7-10,13H2,1-2H3/b6-4+/t15-,16+/m0/s1. The van der Waals surface area contributed by atoms with Crippen LogP contribution in [0.25, 0.3) is 6.08 Å². The highest BCUT2D eigenvalue weighted by Crippen LogP contribution is 2.31. The lowest BCUT2D eigenvalue weighted by Gasteiger charge is -2.47. The van der Waals surface area contributed by atoms with Gasteiger partial charge < -0.3 is 9.80 Å². The Labute approximate surface area is 143 Å². The molecule has 0 aromatic carbocycles. The summed E-state index contributed by atoms with van der Waals surface area (Å²) >= 11 is 0. The lowest BCUT2D eigenvalue weighted by Crippen LogP contribution is -2.56. The highest BCUT2D eigenvalue weighted by molar-refractivity contribution is 5.91. The van der Waals surface area contributed by atoms with Gasteiger partial charge in [0.25, 0.3) is 0 Å². The minimum absolute atomic E-state index is 0.0521. The highest BCUT2D eigenvalue weighted by Gasteiger charge is 2.39.